The first-order valence-corrected chi connectivity index (χ1v) is 7.51. The molecule has 0 rings (SSSR count). The molecule has 0 spiro atoms. The molecule has 21 heavy (non-hydrogen) atoms. The van der Waals surface area contributed by atoms with Crippen LogP contribution in [-0.4, -0.2) is 41.5 Å². The zero-order chi connectivity index (χ0) is 16.3. The van der Waals surface area contributed by atoms with Gasteiger partial charge in [0, 0.05) is 11.8 Å². The summed E-state index contributed by atoms with van der Waals surface area (Å²) in [5.74, 6) is -1.01. The predicted molar refractivity (Wildman–Crippen MR) is 84.9 cm³/mol. The van der Waals surface area contributed by atoms with Crippen molar-refractivity contribution < 1.29 is 14.7 Å². The van der Waals surface area contributed by atoms with Crippen molar-refractivity contribution in [3.63, 3.8) is 0 Å². The molecule has 0 heterocycles. The van der Waals surface area contributed by atoms with E-state index in [1.54, 1.807) is 0 Å². The third-order valence-electron chi connectivity index (χ3n) is 3.37. The molecule has 0 aliphatic rings. The smallest absolute Gasteiger partial charge is 0.332 e. The van der Waals surface area contributed by atoms with Gasteiger partial charge in [-0.25, -0.2) is 4.79 Å². The fourth-order valence-electron chi connectivity index (χ4n) is 1.81. The van der Waals surface area contributed by atoms with Gasteiger partial charge >= 0.3 is 5.97 Å². The van der Waals surface area contributed by atoms with Crippen LogP contribution >= 0.6 is 0 Å². The molecule has 0 saturated heterocycles. The third kappa shape index (κ3) is 9.85. The van der Waals surface area contributed by atoms with Crippen molar-refractivity contribution in [2.24, 2.45) is 5.92 Å². The van der Waals surface area contributed by atoms with Crippen LogP contribution in [0.2, 0.25) is 0 Å². The van der Waals surface area contributed by atoms with Crippen LogP contribution in [0.1, 0.15) is 40.5 Å². The van der Waals surface area contributed by atoms with Crippen LogP contribution in [0.3, 0.4) is 0 Å². The Labute approximate surface area is 127 Å². The first kappa shape index (κ1) is 19.4. The van der Waals surface area contributed by atoms with Gasteiger partial charge in [0.15, 0.2) is 0 Å². The number of carboxylic acid groups (broad SMARTS) is 1. The first-order valence-electron chi connectivity index (χ1n) is 7.51. The minimum absolute atomic E-state index is 0.101. The summed E-state index contributed by atoms with van der Waals surface area (Å²) in [7, 11) is 0. The molecular weight excluding hydrogens is 268 g/mol. The molecule has 1 amide bonds. The summed E-state index contributed by atoms with van der Waals surface area (Å²) in [6.07, 6.45) is 6.67. The number of aliphatic carboxylic acids is 1. The van der Waals surface area contributed by atoms with Crippen molar-refractivity contribution in [1.82, 2.24) is 10.2 Å². The molecule has 0 fully saturated rings. The van der Waals surface area contributed by atoms with Gasteiger partial charge in [0.2, 0.25) is 5.91 Å². The van der Waals surface area contributed by atoms with Crippen LogP contribution in [-0.2, 0) is 9.59 Å². The van der Waals surface area contributed by atoms with Crippen molar-refractivity contribution in [2.75, 3.05) is 19.6 Å². The van der Waals surface area contributed by atoms with Gasteiger partial charge in [-0.15, -0.1) is 0 Å². The number of nitrogens with zero attached hydrogens (tertiary/aromatic N) is 1. The Morgan fingerprint density at radius 2 is 1.90 bits per heavy atom. The molecular formula is C16H28N2O3. The molecule has 0 bridgehead atoms. The molecule has 0 radical (unpaired) electrons. The Bertz CT molecular complexity index is 385. The number of rotatable bonds is 10. The lowest BCUT2D eigenvalue weighted by atomic mass is 10.0. The van der Waals surface area contributed by atoms with E-state index < -0.39 is 5.97 Å². The molecule has 0 aliphatic heterocycles. The molecule has 120 valence electrons. The van der Waals surface area contributed by atoms with Crippen LogP contribution in [0.25, 0.3) is 0 Å². The highest BCUT2D eigenvalue weighted by atomic mass is 16.4. The molecule has 0 aromatic rings. The van der Waals surface area contributed by atoms with Gasteiger partial charge in [-0.2, -0.15) is 0 Å². The monoisotopic (exact) mass is 296 g/mol. The maximum atomic E-state index is 11.5. The molecule has 1 atom stereocenters. The maximum Gasteiger partial charge on any atom is 0.332 e. The normalized spacial score (nSPS) is 13.7. The van der Waals surface area contributed by atoms with Crippen LogP contribution in [0.5, 0.6) is 0 Å². The summed E-state index contributed by atoms with van der Waals surface area (Å²) in [5, 5.41) is 11.1. The van der Waals surface area contributed by atoms with Crippen molar-refractivity contribution in [3.05, 3.63) is 23.9 Å². The van der Waals surface area contributed by atoms with Crippen molar-refractivity contribution in [1.29, 1.82) is 0 Å². The first-order chi connectivity index (χ1) is 9.90. The minimum Gasteiger partial charge on any atom is -0.478 e. The van der Waals surface area contributed by atoms with Gasteiger partial charge in [-0.05, 0) is 51.4 Å². The van der Waals surface area contributed by atoms with E-state index in [9.17, 15) is 9.59 Å². The lowest BCUT2D eigenvalue weighted by Crippen LogP contribution is -2.24. The predicted octanol–water partition coefficient (Wildman–Crippen LogP) is 2.41. The molecule has 2 N–H and O–H groups in total. The van der Waals surface area contributed by atoms with E-state index in [-0.39, 0.29) is 11.5 Å². The number of amides is 1. The summed E-state index contributed by atoms with van der Waals surface area (Å²) in [5.41, 5.74) is 0.101. The topological polar surface area (TPSA) is 69.6 Å². The van der Waals surface area contributed by atoms with E-state index in [1.165, 1.54) is 19.2 Å². The summed E-state index contributed by atoms with van der Waals surface area (Å²) in [6, 6.07) is 0. The molecule has 5 nitrogen and oxygen atoms in total. The van der Waals surface area contributed by atoms with E-state index in [1.807, 2.05) is 6.08 Å². The minimum atomic E-state index is -1.04. The van der Waals surface area contributed by atoms with Crippen molar-refractivity contribution >= 4 is 11.9 Å². The van der Waals surface area contributed by atoms with Crippen LogP contribution < -0.4 is 5.32 Å². The van der Waals surface area contributed by atoms with Gasteiger partial charge in [0.25, 0.3) is 0 Å². The van der Waals surface area contributed by atoms with E-state index in [4.69, 9.17) is 5.11 Å². The zero-order valence-corrected chi connectivity index (χ0v) is 13.6. The van der Waals surface area contributed by atoms with Gasteiger partial charge in [0.1, 0.15) is 0 Å². The average molecular weight is 296 g/mol. The van der Waals surface area contributed by atoms with Gasteiger partial charge in [-0.1, -0.05) is 26.8 Å². The Hall–Kier alpha value is -1.62. The zero-order valence-electron chi connectivity index (χ0n) is 13.6. The van der Waals surface area contributed by atoms with Crippen LogP contribution in [0.15, 0.2) is 23.9 Å². The number of carboxylic acids is 1. The quantitative estimate of drug-likeness (QED) is 0.607. The standard InChI is InChI=1S/C16H28N2O3/c1-5-18(6-2)11-7-8-13(3)9-10-15(19)17-12-14(4)16(20)21/h9-10,12-13H,5-8,11H2,1-4H3,(H,17,19)(H,20,21). The van der Waals surface area contributed by atoms with Gasteiger partial charge in [0.05, 0.1) is 0 Å². The molecule has 0 aliphatic carbocycles. The Morgan fingerprint density at radius 1 is 1.29 bits per heavy atom. The highest BCUT2D eigenvalue weighted by molar-refractivity contribution is 5.90. The second kappa shape index (κ2) is 11.1. The number of carbonyl (C=O) groups excluding carboxylic acids is 1. The Kier molecular flexibility index (Phi) is 10.2. The van der Waals surface area contributed by atoms with E-state index >= 15 is 0 Å². The highest BCUT2D eigenvalue weighted by Crippen LogP contribution is 2.08. The fourth-order valence-corrected chi connectivity index (χ4v) is 1.81. The van der Waals surface area contributed by atoms with E-state index in [2.05, 4.69) is 31.0 Å². The molecule has 1 unspecified atom stereocenters. The number of allylic oxidation sites excluding steroid dienone is 1. The van der Waals surface area contributed by atoms with Crippen molar-refractivity contribution in [2.45, 2.75) is 40.5 Å². The SMILES string of the molecule is CCN(CC)CCCC(C)C=CC(=O)NC=C(C)C(=O)O. The highest BCUT2D eigenvalue weighted by Gasteiger charge is 2.03. The van der Waals surface area contributed by atoms with Crippen LogP contribution in [0.4, 0.5) is 0 Å². The largest absolute Gasteiger partial charge is 0.478 e. The Morgan fingerprint density at radius 3 is 2.43 bits per heavy atom. The van der Waals surface area contributed by atoms with Crippen molar-refractivity contribution in [3.8, 4) is 0 Å². The third-order valence-corrected chi connectivity index (χ3v) is 3.37. The maximum absolute atomic E-state index is 11.5. The average Bonchev–Trinajstić information content (AvgIpc) is 2.46. The molecule has 0 aromatic carbocycles. The fraction of sp³-hybridized carbons (Fsp3) is 0.625. The molecule has 5 heteroatoms. The summed E-state index contributed by atoms with van der Waals surface area (Å²) in [6.45, 7) is 11.0. The number of carbonyl (C=O) groups is 2. The second-order valence-corrected chi connectivity index (χ2v) is 5.15. The Balaban J connectivity index is 4.03. The summed E-state index contributed by atoms with van der Waals surface area (Å²) < 4.78 is 0. The lowest BCUT2D eigenvalue weighted by Gasteiger charge is -2.18. The van der Waals surface area contributed by atoms with Crippen LogP contribution in [0, 0.1) is 5.92 Å². The van der Waals surface area contributed by atoms with E-state index in [0.717, 1.165) is 32.5 Å². The second-order valence-electron chi connectivity index (χ2n) is 5.15. The van der Waals surface area contributed by atoms with Gasteiger partial charge < -0.3 is 15.3 Å². The number of hydrogen-bond donors (Lipinski definition) is 2. The van der Waals surface area contributed by atoms with E-state index in [0.29, 0.717) is 5.92 Å². The summed E-state index contributed by atoms with van der Waals surface area (Å²) >= 11 is 0. The number of hydrogen-bond acceptors (Lipinski definition) is 3. The number of nitrogens with one attached hydrogen (secondary N) is 1. The lowest BCUT2D eigenvalue weighted by molar-refractivity contribution is -0.132. The van der Waals surface area contributed by atoms with Gasteiger partial charge in [-0.3, -0.25) is 4.79 Å². The molecule has 0 saturated carbocycles. The molecule has 0 aromatic heterocycles. The summed E-state index contributed by atoms with van der Waals surface area (Å²) in [4.78, 5) is 24.4.